The molecule has 1 aromatic heterocycles. The largest absolute Gasteiger partial charge is 0.339 e. The quantitative estimate of drug-likeness (QED) is 0.694. The van der Waals surface area contributed by atoms with E-state index in [9.17, 15) is 9.18 Å². The van der Waals surface area contributed by atoms with Gasteiger partial charge in [-0.3, -0.25) is 4.79 Å². The number of nitrogens with zero attached hydrogens (tertiary/aromatic N) is 2. The van der Waals surface area contributed by atoms with Gasteiger partial charge in [-0.2, -0.15) is 4.98 Å². The molecule has 0 unspecified atom stereocenters. The van der Waals surface area contributed by atoms with Gasteiger partial charge in [0.05, 0.1) is 0 Å². The van der Waals surface area contributed by atoms with E-state index in [0.717, 1.165) is 0 Å². The highest BCUT2D eigenvalue weighted by molar-refractivity contribution is 6.35. The van der Waals surface area contributed by atoms with Crippen LogP contribution in [0.1, 0.15) is 12.3 Å². The van der Waals surface area contributed by atoms with Gasteiger partial charge in [-0.15, -0.1) is 0 Å². The molecule has 2 aromatic carbocycles. The first-order chi connectivity index (χ1) is 12.0. The van der Waals surface area contributed by atoms with Crippen LogP contribution < -0.4 is 5.32 Å². The number of anilines is 1. The van der Waals surface area contributed by atoms with E-state index >= 15 is 0 Å². The van der Waals surface area contributed by atoms with Gasteiger partial charge in [0.1, 0.15) is 5.82 Å². The Bertz CT molecular complexity index is 877. The molecule has 5 nitrogen and oxygen atoms in total. The molecular weight excluding hydrogens is 368 g/mol. The molecule has 0 saturated heterocycles. The molecule has 0 aliphatic carbocycles. The van der Waals surface area contributed by atoms with Gasteiger partial charge < -0.3 is 9.84 Å². The first kappa shape index (κ1) is 17.4. The van der Waals surface area contributed by atoms with Crippen molar-refractivity contribution in [3.8, 4) is 11.4 Å². The summed E-state index contributed by atoms with van der Waals surface area (Å²) in [7, 11) is 0. The Hall–Kier alpha value is -2.44. The number of hydrogen-bond donors (Lipinski definition) is 1. The number of rotatable bonds is 5. The lowest BCUT2D eigenvalue weighted by Gasteiger charge is -2.05. The van der Waals surface area contributed by atoms with E-state index in [1.54, 1.807) is 30.3 Å². The third-order valence-electron chi connectivity index (χ3n) is 3.28. The second-order valence-electron chi connectivity index (χ2n) is 5.22. The molecule has 0 saturated carbocycles. The van der Waals surface area contributed by atoms with E-state index < -0.39 is 0 Å². The molecule has 0 bridgehead atoms. The van der Waals surface area contributed by atoms with Crippen molar-refractivity contribution in [1.29, 1.82) is 0 Å². The van der Waals surface area contributed by atoms with Crippen molar-refractivity contribution in [2.75, 3.05) is 5.32 Å². The number of hydrogen-bond acceptors (Lipinski definition) is 4. The highest BCUT2D eigenvalue weighted by atomic mass is 35.5. The molecule has 0 spiro atoms. The standard InChI is InChI=1S/C17H12Cl2FN3O2/c18-11-7-12(19)9-14(8-11)21-15(24)5-6-16-22-17(23-25-16)10-1-3-13(20)4-2-10/h1-4,7-9H,5-6H2,(H,21,24). The fourth-order valence-corrected chi connectivity index (χ4v) is 2.67. The first-order valence-corrected chi connectivity index (χ1v) is 8.10. The second kappa shape index (κ2) is 7.63. The van der Waals surface area contributed by atoms with Crippen molar-refractivity contribution in [1.82, 2.24) is 10.1 Å². The van der Waals surface area contributed by atoms with E-state index in [2.05, 4.69) is 15.5 Å². The molecule has 1 amide bonds. The molecular formula is C17H12Cl2FN3O2. The fraction of sp³-hybridized carbons (Fsp3) is 0.118. The maximum absolute atomic E-state index is 12.9. The zero-order chi connectivity index (χ0) is 17.8. The Morgan fingerprint density at radius 3 is 2.48 bits per heavy atom. The summed E-state index contributed by atoms with van der Waals surface area (Å²) in [5.41, 5.74) is 1.15. The molecule has 1 N–H and O–H groups in total. The van der Waals surface area contributed by atoms with Crippen molar-refractivity contribution in [3.05, 3.63) is 64.2 Å². The fourth-order valence-electron chi connectivity index (χ4n) is 2.14. The smallest absolute Gasteiger partial charge is 0.227 e. The van der Waals surface area contributed by atoms with Crippen LogP contribution in [-0.2, 0) is 11.2 Å². The third kappa shape index (κ3) is 4.78. The third-order valence-corrected chi connectivity index (χ3v) is 3.72. The number of halogens is 3. The molecule has 8 heteroatoms. The summed E-state index contributed by atoms with van der Waals surface area (Å²) in [6.45, 7) is 0. The van der Waals surface area contributed by atoms with Crippen LogP contribution in [0.15, 0.2) is 47.0 Å². The zero-order valence-corrected chi connectivity index (χ0v) is 14.3. The van der Waals surface area contributed by atoms with Gasteiger partial charge in [-0.1, -0.05) is 28.4 Å². The monoisotopic (exact) mass is 379 g/mol. The van der Waals surface area contributed by atoms with Crippen LogP contribution in [0.2, 0.25) is 10.0 Å². The Labute approximate surface area is 152 Å². The summed E-state index contributed by atoms with van der Waals surface area (Å²) in [4.78, 5) is 16.2. The van der Waals surface area contributed by atoms with Crippen molar-refractivity contribution in [2.45, 2.75) is 12.8 Å². The molecule has 0 atom stereocenters. The van der Waals surface area contributed by atoms with E-state index in [-0.39, 0.29) is 24.6 Å². The predicted molar refractivity (Wildman–Crippen MR) is 93.1 cm³/mol. The summed E-state index contributed by atoms with van der Waals surface area (Å²) in [5.74, 6) is 0.0840. The molecule has 0 radical (unpaired) electrons. The lowest BCUT2D eigenvalue weighted by molar-refractivity contribution is -0.116. The number of nitrogens with one attached hydrogen (secondary N) is 1. The molecule has 0 aliphatic heterocycles. The topological polar surface area (TPSA) is 68.0 Å². The first-order valence-electron chi connectivity index (χ1n) is 7.34. The zero-order valence-electron chi connectivity index (χ0n) is 12.8. The van der Waals surface area contributed by atoms with Crippen LogP contribution in [0, 0.1) is 5.82 Å². The molecule has 3 rings (SSSR count). The average molecular weight is 380 g/mol. The van der Waals surface area contributed by atoms with Crippen LogP contribution in [0.3, 0.4) is 0 Å². The molecule has 1 heterocycles. The van der Waals surface area contributed by atoms with Crippen molar-refractivity contribution in [3.63, 3.8) is 0 Å². The van der Waals surface area contributed by atoms with E-state index in [0.29, 0.717) is 33.0 Å². The van der Waals surface area contributed by atoms with Crippen molar-refractivity contribution >= 4 is 34.8 Å². The Kier molecular flexibility index (Phi) is 5.31. The summed E-state index contributed by atoms with van der Waals surface area (Å²) < 4.78 is 18.0. The normalized spacial score (nSPS) is 10.7. The SMILES string of the molecule is O=C(CCc1nc(-c2ccc(F)cc2)no1)Nc1cc(Cl)cc(Cl)c1. The van der Waals surface area contributed by atoms with Gasteiger partial charge in [-0.25, -0.2) is 4.39 Å². The molecule has 128 valence electrons. The number of carbonyl (C=O) groups excluding carboxylic acids is 1. The lowest BCUT2D eigenvalue weighted by atomic mass is 10.2. The minimum atomic E-state index is -0.342. The second-order valence-corrected chi connectivity index (χ2v) is 6.10. The summed E-state index contributed by atoms with van der Waals surface area (Å²) in [5, 5.41) is 7.39. The summed E-state index contributed by atoms with van der Waals surface area (Å²) in [6.07, 6.45) is 0.420. The van der Waals surface area contributed by atoms with Gasteiger partial charge in [-0.05, 0) is 42.5 Å². The van der Waals surface area contributed by atoms with Gasteiger partial charge in [0.25, 0.3) is 0 Å². The van der Waals surface area contributed by atoms with Crippen LogP contribution in [0.25, 0.3) is 11.4 Å². The van der Waals surface area contributed by atoms with Gasteiger partial charge in [0.2, 0.25) is 17.6 Å². The van der Waals surface area contributed by atoms with E-state index in [1.807, 2.05) is 0 Å². The van der Waals surface area contributed by atoms with E-state index in [4.69, 9.17) is 27.7 Å². The lowest BCUT2D eigenvalue weighted by Crippen LogP contribution is -2.12. The molecule has 25 heavy (non-hydrogen) atoms. The van der Waals surface area contributed by atoms with Crippen LogP contribution in [-0.4, -0.2) is 16.0 Å². The highest BCUT2D eigenvalue weighted by Gasteiger charge is 2.11. The maximum atomic E-state index is 12.9. The highest BCUT2D eigenvalue weighted by Crippen LogP contribution is 2.22. The van der Waals surface area contributed by atoms with Crippen LogP contribution in [0.5, 0.6) is 0 Å². The predicted octanol–water partition coefficient (Wildman–Crippen LogP) is 4.75. The summed E-state index contributed by atoms with van der Waals surface area (Å²) in [6, 6.07) is 10.5. The van der Waals surface area contributed by atoms with Crippen molar-refractivity contribution < 1.29 is 13.7 Å². The summed E-state index contributed by atoms with van der Waals surface area (Å²) >= 11 is 11.8. The van der Waals surface area contributed by atoms with E-state index in [1.165, 1.54) is 12.1 Å². The number of carbonyl (C=O) groups is 1. The minimum absolute atomic E-state index is 0.148. The minimum Gasteiger partial charge on any atom is -0.339 e. The number of aryl methyl sites for hydroxylation is 1. The molecule has 0 fully saturated rings. The van der Waals surface area contributed by atoms with Crippen LogP contribution >= 0.6 is 23.2 Å². The van der Waals surface area contributed by atoms with Gasteiger partial charge in [0.15, 0.2) is 0 Å². The average Bonchev–Trinajstić information content (AvgIpc) is 3.01. The Balaban J connectivity index is 1.58. The number of amides is 1. The Morgan fingerprint density at radius 2 is 1.80 bits per heavy atom. The Morgan fingerprint density at radius 1 is 1.12 bits per heavy atom. The molecule has 3 aromatic rings. The number of aromatic nitrogens is 2. The number of benzene rings is 2. The van der Waals surface area contributed by atoms with Crippen molar-refractivity contribution in [2.24, 2.45) is 0 Å². The van der Waals surface area contributed by atoms with Gasteiger partial charge in [0, 0.05) is 34.1 Å². The van der Waals surface area contributed by atoms with Gasteiger partial charge >= 0.3 is 0 Å². The molecule has 0 aliphatic rings. The maximum Gasteiger partial charge on any atom is 0.227 e. The van der Waals surface area contributed by atoms with Crippen LogP contribution in [0.4, 0.5) is 10.1 Å².